The van der Waals surface area contributed by atoms with Gasteiger partial charge in [0.25, 0.3) is 5.91 Å². The number of H-pyrrole nitrogens is 1. The number of nitrogens with one attached hydrogen (secondary N) is 1. The summed E-state index contributed by atoms with van der Waals surface area (Å²) in [6.07, 6.45) is 1.33. The predicted molar refractivity (Wildman–Crippen MR) is 98.3 cm³/mol. The quantitative estimate of drug-likeness (QED) is 0.674. The molecule has 28 heavy (non-hydrogen) atoms. The molecule has 1 saturated heterocycles. The molecule has 1 unspecified atom stereocenters. The number of nitrogens with zero attached hydrogens (tertiary/aromatic N) is 6. The second kappa shape index (κ2) is 8.28. The van der Waals surface area contributed by atoms with Crippen molar-refractivity contribution in [1.29, 1.82) is 0 Å². The third-order valence-corrected chi connectivity index (χ3v) is 4.65. The van der Waals surface area contributed by atoms with E-state index in [0.717, 1.165) is 11.3 Å². The topological polar surface area (TPSA) is 111 Å². The molecule has 3 heterocycles. The first-order valence-corrected chi connectivity index (χ1v) is 9.02. The number of rotatable bonds is 6. The molecule has 1 N–H and O–H groups in total. The summed E-state index contributed by atoms with van der Waals surface area (Å²) in [5.74, 6) is 0.560. The fourth-order valence-electron chi connectivity index (χ4n) is 3.16. The Labute approximate surface area is 161 Å². The molecule has 1 atom stereocenters. The minimum atomic E-state index is -0.367. The van der Waals surface area contributed by atoms with Crippen molar-refractivity contribution in [2.45, 2.75) is 12.6 Å². The number of carbonyl (C=O) groups is 1. The molecule has 0 aliphatic carbocycles. The molecule has 0 radical (unpaired) electrons. The second-order valence-corrected chi connectivity index (χ2v) is 6.41. The lowest BCUT2D eigenvalue weighted by molar-refractivity contribution is -0.0292. The summed E-state index contributed by atoms with van der Waals surface area (Å²) >= 11 is 0. The molecule has 3 aromatic rings. The largest absolute Gasteiger partial charge is 0.383 e. The molecule has 1 aromatic carbocycles. The lowest BCUT2D eigenvalue weighted by Gasteiger charge is -2.32. The maximum atomic E-state index is 12.9. The van der Waals surface area contributed by atoms with E-state index < -0.39 is 0 Å². The third-order valence-electron chi connectivity index (χ3n) is 4.65. The normalized spacial score (nSPS) is 17.0. The number of hydrogen-bond donors (Lipinski definition) is 1. The molecule has 1 aliphatic heterocycles. The Morgan fingerprint density at radius 3 is 2.93 bits per heavy atom. The van der Waals surface area contributed by atoms with Crippen molar-refractivity contribution in [1.82, 2.24) is 35.3 Å². The van der Waals surface area contributed by atoms with Crippen molar-refractivity contribution in [3.05, 3.63) is 47.9 Å². The first kappa shape index (κ1) is 18.3. The first-order chi connectivity index (χ1) is 13.8. The van der Waals surface area contributed by atoms with Gasteiger partial charge in [0.2, 0.25) is 0 Å². The molecule has 10 nitrogen and oxygen atoms in total. The number of ether oxygens (including phenoxy) is 2. The van der Waals surface area contributed by atoms with E-state index in [9.17, 15) is 4.79 Å². The maximum absolute atomic E-state index is 12.9. The first-order valence-electron chi connectivity index (χ1n) is 9.02. The summed E-state index contributed by atoms with van der Waals surface area (Å²) in [5, 5.41) is 18.6. The summed E-state index contributed by atoms with van der Waals surface area (Å²) < 4.78 is 12.6. The fraction of sp³-hybridized carbons (Fsp3) is 0.389. The Hall–Kier alpha value is -3.11. The monoisotopic (exact) mass is 383 g/mol. The van der Waals surface area contributed by atoms with Crippen LogP contribution in [0, 0.1) is 0 Å². The molecule has 2 aromatic heterocycles. The van der Waals surface area contributed by atoms with Crippen LogP contribution in [0.1, 0.15) is 22.3 Å². The molecule has 146 valence electrons. The van der Waals surface area contributed by atoms with Crippen LogP contribution < -0.4 is 0 Å². The van der Waals surface area contributed by atoms with Gasteiger partial charge in [-0.1, -0.05) is 12.1 Å². The van der Waals surface area contributed by atoms with Crippen LogP contribution in [0.5, 0.6) is 0 Å². The van der Waals surface area contributed by atoms with Crippen LogP contribution in [-0.4, -0.2) is 74.6 Å². The van der Waals surface area contributed by atoms with E-state index >= 15 is 0 Å². The smallest absolute Gasteiger partial charge is 0.254 e. The van der Waals surface area contributed by atoms with Gasteiger partial charge in [0.05, 0.1) is 32.0 Å². The number of aromatic nitrogens is 6. The Kier molecular flexibility index (Phi) is 5.40. The number of tetrazole rings is 1. The van der Waals surface area contributed by atoms with Crippen molar-refractivity contribution in [2.75, 3.05) is 33.4 Å². The minimum Gasteiger partial charge on any atom is -0.383 e. The minimum absolute atomic E-state index is 0.0413. The van der Waals surface area contributed by atoms with Gasteiger partial charge < -0.3 is 14.4 Å². The number of hydrogen-bond acceptors (Lipinski definition) is 7. The number of morpholine rings is 1. The average Bonchev–Trinajstić information content (AvgIpc) is 3.44. The Bertz CT molecular complexity index is 908. The summed E-state index contributed by atoms with van der Waals surface area (Å²) in [4.78, 5) is 14.7. The molecular formula is C18H21N7O3. The summed E-state index contributed by atoms with van der Waals surface area (Å²) in [6.45, 7) is 2.38. The molecule has 1 aliphatic rings. The lowest BCUT2D eigenvalue weighted by atomic mass is 10.1. The van der Waals surface area contributed by atoms with E-state index in [2.05, 4.69) is 25.7 Å². The fourth-order valence-corrected chi connectivity index (χ4v) is 3.16. The predicted octanol–water partition coefficient (Wildman–Crippen LogP) is 0.923. The number of carbonyl (C=O) groups excluding carboxylic acids is 1. The van der Waals surface area contributed by atoms with E-state index in [1.807, 2.05) is 30.3 Å². The third kappa shape index (κ3) is 3.78. The highest BCUT2D eigenvalue weighted by Gasteiger charge is 2.29. The molecule has 0 bridgehead atoms. The average molecular weight is 383 g/mol. The van der Waals surface area contributed by atoms with Gasteiger partial charge in [-0.2, -0.15) is 5.10 Å². The zero-order valence-corrected chi connectivity index (χ0v) is 15.5. The van der Waals surface area contributed by atoms with Gasteiger partial charge in [-0.05, 0) is 34.2 Å². The molecule has 10 heteroatoms. The Morgan fingerprint density at radius 2 is 2.18 bits per heavy atom. The van der Waals surface area contributed by atoms with E-state index in [0.29, 0.717) is 44.2 Å². The van der Waals surface area contributed by atoms with Crippen LogP contribution in [0.3, 0.4) is 0 Å². The van der Waals surface area contributed by atoms with Gasteiger partial charge >= 0.3 is 0 Å². The van der Waals surface area contributed by atoms with Gasteiger partial charge in [-0.15, -0.1) is 5.10 Å². The summed E-state index contributed by atoms with van der Waals surface area (Å²) in [6, 6.07) is 9.35. The van der Waals surface area contributed by atoms with Crippen molar-refractivity contribution in [2.24, 2.45) is 0 Å². The molecule has 4 rings (SSSR count). The summed E-state index contributed by atoms with van der Waals surface area (Å²) in [7, 11) is 1.62. The van der Waals surface area contributed by atoms with Crippen molar-refractivity contribution in [3.8, 4) is 11.3 Å². The van der Waals surface area contributed by atoms with Gasteiger partial charge in [-0.3, -0.25) is 9.89 Å². The number of methoxy groups -OCH3 is 1. The molecule has 1 amide bonds. The second-order valence-electron chi connectivity index (χ2n) is 6.41. The van der Waals surface area contributed by atoms with Gasteiger partial charge in [0.1, 0.15) is 6.10 Å². The number of amides is 1. The van der Waals surface area contributed by atoms with Crippen LogP contribution in [0.4, 0.5) is 0 Å². The molecule has 0 spiro atoms. The highest BCUT2D eigenvalue weighted by molar-refractivity contribution is 5.94. The van der Waals surface area contributed by atoms with Crippen LogP contribution in [-0.2, 0) is 16.0 Å². The standard InChI is InChI=1S/C18H21N7O3/c1-27-10-9-25-17(21-22-23-25)16-12-24(8-11-28-16)18(26)14-4-2-13(3-5-14)15-6-7-19-20-15/h2-7,16H,8-12H2,1H3,(H,19,20). The Morgan fingerprint density at radius 1 is 1.32 bits per heavy atom. The molecule has 0 saturated carbocycles. The van der Waals surface area contributed by atoms with E-state index in [4.69, 9.17) is 9.47 Å². The van der Waals surface area contributed by atoms with Crippen molar-refractivity contribution >= 4 is 5.91 Å². The zero-order chi connectivity index (χ0) is 19.3. The SMILES string of the molecule is COCCn1nnnc1C1CN(C(=O)c2ccc(-c3ccn[nH]3)cc2)CCO1. The van der Waals surface area contributed by atoms with E-state index in [-0.39, 0.29) is 12.0 Å². The van der Waals surface area contributed by atoms with Crippen LogP contribution >= 0.6 is 0 Å². The van der Waals surface area contributed by atoms with E-state index in [1.165, 1.54) is 0 Å². The van der Waals surface area contributed by atoms with Crippen molar-refractivity contribution in [3.63, 3.8) is 0 Å². The van der Waals surface area contributed by atoms with Crippen LogP contribution in [0.2, 0.25) is 0 Å². The molecule has 1 fully saturated rings. The Balaban J connectivity index is 1.45. The highest BCUT2D eigenvalue weighted by atomic mass is 16.5. The van der Waals surface area contributed by atoms with Gasteiger partial charge in [0.15, 0.2) is 5.82 Å². The number of benzene rings is 1. The van der Waals surface area contributed by atoms with E-state index in [1.54, 1.807) is 22.9 Å². The molecular weight excluding hydrogens is 362 g/mol. The van der Waals surface area contributed by atoms with Gasteiger partial charge in [0, 0.05) is 25.4 Å². The van der Waals surface area contributed by atoms with Crippen LogP contribution in [0.15, 0.2) is 36.5 Å². The van der Waals surface area contributed by atoms with Gasteiger partial charge in [-0.25, -0.2) is 4.68 Å². The zero-order valence-electron chi connectivity index (χ0n) is 15.5. The summed E-state index contributed by atoms with van der Waals surface area (Å²) in [5.41, 5.74) is 2.52. The highest BCUT2D eigenvalue weighted by Crippen LogP contribution is 2.22. The lowest BCUT2D eigenvalue weighted by Crippen LogP contribution is -2.43. The maximum Gasteiger partial charge on any atom is 0.254 e. The number of aromatic amines is 1. The van der Waals surface area contributed by atoms with Crippen molar-refractivity contribution < 1.29 is 14.3 Å². The van der Waals surface area contributed by atoms with Crippen LogP contribution in [0.25, 0.3) is 11.3 Å².